The maximum atomic E-state index is 8.03. The van der Waals surface area contributed by atoms with E-state index in [0.29, 0.717) is 6.54 Å². The zero-order valence-corrected chi connectivity index (χ0v) is 7.80. The largest absolute Gasteiger partial charge is 0.399 e. The molecule has 0 aliphatic heterocycles. The van der Waals surface area contributed by atoms with Gasteiger partial charge < -0.3 is 5.73 Å². The SMILES string of the molecule is [N-]=[N+]=NCCC=Cc1ccc(N)cc1. The van der Waals surface area contributed by atoms with Crippen molar-refractivity contribution < 1.29 is 0 Å². The lowest BCUT2D eigenvalue weighted by molar-refractivity contribution is 0.996. The molecule has 1 aromatic carbocycles. The fourth-order valence-electron chi connectivity index (χ4n) is 1.00. The number of nitrogens with two attached hydrogens (primary N) is 1. The van der Waals surface area contributed by atoms with E-state index >= 15 is 0 Å². The van der Waals surface area contributed by atoms with Crippen LogP contribution in [0.4, 0.5) is 5.69 Å². The highest BCUT2D eigenvalue weighted by molar-refractivity contribution is 5.53. The smallest absolute Gasteiger partial charge is 0.0314 e. The summed E-state index contributed by atoms with van der Waals surface area (Å²) >= 11 is 0. The Kier molecular flexibility index (Phi) is 4.11. The number of azide groups is 1. The van der Waals surface area contributed by atoms with Crippen LogP contribution in [0.5, 0.6) is 0 Å². The summed E-state index contributed by atoms with van der Waals surface area (Å²) in [6.45, 7) is 0.502. The van der Waals surface area contributed by atoms with E-state index in [-0.39, 0.29) is 0 Å². The van der Waals surface area contributed by atoms with Crippen LogP contribution in [0.15, 0.2) is 35.5 Å². The van der Waals surface area contributed by atoms with Crippen molar-refractivity contribution in [1.82, 2.24) is 0 Å². The Hall–Kier alpha value is -1.93. The molecule has 0 bridgehead atoms. The van der Waals surface area contributed by atoms with Gasteiger partial charge in [0.2, 0.25) is 0 Å². The number of rotatable bonds is 4. The van der Waals surface area contributed by atoms with Crippen molar-refractivity contribution in [2.45, 2.75) is 6.42 Å². The van der Waals surface area contributed by atoms with E-state index in [2.05, 4.69) is 10.0 Å². The highest BCUT2D eigenvalue weighted by Gasteiger charge is 1.85. The maximum absolute atomic E-state index is 8.03. The van der Waals surface area contributed by atoms with Crippen LogP contribution >= 0.6 is 0 Å². The summed E-state index contributed by atoms with van der Waals surface area (Å²) in [5.74, 6) is 0. The van der Waals surface area contributed by atoms with Crippen LogP contribution in [0.1, 0.15) is 12.0 Å². The molecule has 0 saturated heterocycles. The second kappa shape index (κ2) is 5.67. The zero-order chi connectivity index (χ0) is 10.2. The van der Waals surface area contributed by atoms with E-state index in [0.717, 1.165) is 17.7 Å². The van der Waals surface area contributed by atoms with Gasteiger partial charge in [0.1, 0.15) is 0 Å². The van der Waals surface area contributed by atoms with E-state index in [1.54, 1.807) is 0 Å². The number of benzene rings is 1. The van der Waals surface area contributed by atoms with Crippen LogP contribution < -0.4 is 5.73 Å². The third kappa shape index (κ3) is 3.65. The van der Waals surface area contributed by atoms with Crippen LogP contribution in [-0.2, 0) is 0 Å². The van der Waals surface area contributed by atoms with Gasteiger partial charge >= 0.3 is 0 Å². The molecule has 2 N–H and O–H groups in total. The minimum absolute atomic E-state index is 0.502. The lowest BCUT2D eigenvalue weighted by atomic mass is 10.2. The van der Waals surface area contributed by atoms with Gasteiger partial charge in [0, 0.05) is 17.1 Å². The molecule has 14 heavy (non-hydrogen) atoms. The second-order valence-electron chi connectivity index (χ2n) is 2.81. The van der Waals surface area contributed by atoms with Crippen molar-refractivity contribution in [2.75, 3.05) is 12.3 Å². The molecule has 1 aromatic rings. The number of nitrogens with zero attached hydrogens (tertiary/aromatic N) is 3. The first-order valence-corrected chi connectivity index (χ1v) is 4.36. The standard InChI is InChI=1S/C10H12N4/c11-10-6-4-9(5-7-10)3-1-2-8-13-14-12/h1,3-7H,2,8,11H2. The molecule has 0 fully saturated rings. The number of hydrogen-bond donors (Lipinski definition) is 1. The van der Waals surface area contributed by atoms with Gasteiger partial charge in [-0.1, -0.05) is 29.4 Å². The van der Waals surface area contributed by atoms with Gasteiger partial charge in [-0.25, -0.2) is 0 Å². The summed E-state index contributed by atoms with van der Waals surface area (Å²) in [5.41, 5.74) is 15.4. The normalized spacial score (nSPS) is 10.0. The molecule has 0 amide bonds. The molecule has 0 atom stereocenters. The summed E-state index contributed by atoms with van der Waals surface area (Å²) in [7, 11) is 0. The molecular formula is C10H12N4. The molecule has 0 aliphatic carbocycles. The van der Waals surface area contributed by atoms with E-state index in [1.165, 1.54) is 0 Å². The number of anilines is 1. The molecule has 4 heteroatoms. The molecule has 1 rings (SSSR count). The van der Waals surface area contributed by atoms with Crippen LogP contribution in [0.2, 0.25) is 0 Å². The second-order valence-corrected chi connectivity index (χ2v) is 2.81. The average Bonchev–Trinajstić information content (AvgIpc) is 2.21. The van der Waals surface area contributed by atoms with E-state index in [1.807, 2.05) is 36.4 Å². The van der Waals surface area contributed by atoms with Crippen LogP contribution in [0, 0.1) is 0 Å². The molecule has 0 heterocycles. The quantitative estimate of drug-likeness (QED) is 0.255. The summed E-state index contributed by atoms with van der Waals surface area (Å²) < 4.78 is 0. The first-order valence-electron chi connectivity index (χ1n) is 4.36. The maximum Gasteiger partial charge on any atom is 0.0314 e. The van der Waals surface area contributed by atoms with Gasteiger partial charge in [0.05, 0.1) is 0 Å². The van der Waals surface area contributed by atoms with E-state index < -0.39 is 0 Å². The van der Waals surface area contributed by atoms with Gasteiger partial charge in [0.25, 0.3) is 0 Å². The average molecular weight is 188 g/mol. The highest BCUT2D eigenvalue weighted by atomic mass is 15.1. The van der Waals surface area contributed by atoms with Crippen molar-refractivity contribution >= 4 is 11.8 Å². The molecule has 4 nitrogen and oxygen atoms in total. The van der Waals surface area contributed by atoms with Crippen molar-refractivity contribution in [3.63, 3.8) is 0 Å². The molecule has 0 unspecified atom stereocenters. The third-order valence-corrected chi connectivity index (χ3v) is 1.71. The van der Waals surface area contributed by atoms with Gasteiger partial charge in [-0.05, 0) is 29.6 Å². The first kappa shape index (κ1) is 10.2. The molecule has 0 spiro atoms. The Morgan fingerprint density at radius 3 is 2.71 bits per heavy atom. The van der Waals surface area contributed by atoms with Crippen molar-refractivity contribution in [3.8, 4) is 0 Å². The monoisotopic (exact) mass is 188 g/mol. The van der Waals surface area contributed by atoms with Gasteiger partial charge in [-0.2, -0.15) is 0 Å². The van der Waals surface area contributed by atoms with Gasteiger partial charge in [0.15, 0.2) is 0 Å². The van der Waals surface area contributed by atoms with Crippen LogP contribution in [0.25, 0.3) is 16.5 Å². The fourth-order valence-corrected chi connectivity index (χ4v) is 1.00. The number of nitrogen functional groups attached to an aromatic ring is 1. The lowest BCUT2D eigenvalue weighted by Gasteiger charge is -1.94. The summed E-state index contributed by atoms with van der Waals surface area (Å²) in [6, 6.07) is 7.60. The Balaban J connectivity index is 2.43. The molecular weight excluding hydrogens is 176 g/mol. The van der Waals surface area contributed by atoms with Crippen LogP contribution in [0.3, 0.4) is 0 Å². The minimum atomic E-state index is 0.502. The molecule has 0 aromatic heterocycles. The van der Waals surface area contributed by atoms with Gasteiger partial charge in [-0.15, -0.1) is 0 Å². The predicted molar refractivity (Wildman–Crippen MR) is 58.5 cm³/mol. The fraction of sp³-hybridized carbons (Fsp3) is 0.200. The minimum Gasteiger partial charge on any atom is -0.399 e. The number of hydrogen-bond acceptors (Lipinski definition) is 2. The summed E-state index contributed by atoms with van der Waals surface area (Å²) in [5, 5.41) is 3.43. The topological polar surface area (TPSA) is 74.8 Å². The van der Waals surface area contributed by atoms with Crippen molar-refractivity contribution in [3.05, 3.63) is 46.3 Å². The summed E-state index contributed by atoms with van der Waals surface area (Å²) in [6.07, 6.45) is 4.71. The van der Waals surface area contributed by atoms with Crippen molar-refractivity contribution in [2.24, 2.45) is 5.11 Å². The predicted octanol–water partition coefficient (Wildman–Crippen LogP) is 2.98. The van der Waals surface area contributed by atoms with Crippen molar-refractivity contribution in [1.29, 1.82) is 0 Å². The van der Waals surface area contributed by atoms with Gasteiger partial charge in [-0.3, -0.25) is 0 Å². The highest BCUT2D eigenvalue weighted by Crippen LogP contribution is 2.07. The zero-order valence-electron chi connectivity index (χ0n) is 7.80. The van der Waals surface area contributed by atoms with Crippen LogP contribution in [-0.4, -0.2) is 6.54 Å². The molecule has 0 radical (unpaired) electrons. The Morgan fingerprint density at radius 2 is 2.07 bits per heavy atom. The molecule has 0 saturated carbocycles. The van der Waals surface area contributed by atoms with E-state index in [9.17, 15) is 0 Å². The Labute approximate surface area is 82.7 Å². The Bertz CT molecular complexity index is 347. The summed E-state index contributed by atoms with van der Waals surface area (Å²) in [4.78, 5) is 2.67. The molecule has 0 aliphatic rings. The Morgan fingerprint density at radius 1 is 1.36 bits per heavy atom. The lowest BCUT2D eigenvalue weighted by Crippen LogP contribution is -1.82. The molecule has 72 valence electrons. The first-order chi connectivity index (χ1) is 6.83. The van der Waals surface area contributed by atoms with E-state index in [4.69, 9.17) is 11.3 Å². The third-order valence-electron chi connectivity index (χ3n) is 1.71.